The van der Waals surface area contributed by atoms with Crippen molar-refractivity contribution in [1.82, 2.24) is 4.98 Å². The average molecular weight is 301 g/mol. The van der Waals surface area contributed by atoms with Gasteiger partial charge in [0.1, 0.15) is 5.82 Å². The van der Waals surface area contributed by atoms with Gasteiger partial charge in [0.25, 0.3) is 10.1 Å². The zero-order chi connectivity index (χ0) is 13.9. The fourth-order valence-electron chi connectivity index (χ4n) is 1.36. The molecule has 0 aliphatic rings. The van der Waals surface area contributed by atoms with E-state index in [9.17, 15) is 12.8 Å². The van der Waals surface area contributed by atoms with Crippen LogP contribution in [-0.2, 0) is 20.9 Å². The molecule has 0 unspecified atom stereocenters. The van der Waals surface area contributed by atoms with E-state index in [1.54, 1.807) is 24.4 Å². The maximum Gasteiger partial charge on any atom is 0.264 e. The number of nitrogens with one attached hydrogen (secondary N) is 1. The van der Waals surface area contributed by atoms with Crippen molar-refractivity contribution < 1.29 is 17.0 Å². The summed E-state index contributed by atoms with van der Waals surface area (Å²) in [6.07, 6.45) is 2.69. The zero-order valence-corrected chi connectivity index (χ0v) is 11.7. The number of rotatable bonds is 5. The number of hydrogen-bond donors (Lipinski definition) is 1. The Hall–Kier alpha value is -1.31. The van der Waals surface area contributed by atoms with E-state index in [2.05, 4.69) is 9.17 Å². The normalized spacial score (nSPS) is 11.7. The smallest absolute Gasteiger partial charge is 0.264 e. The van der Waals surface area contributed by atoms with Crippen LogP contribution in [0.1, 0.15) is 5.56 Å². The Labute approximate surface area is 115 Å². The van der Waals surface area contributed by atoms with Crippen LogP contribution < -0.4 is 0 Å². The van der Waals surface area contributed by atoms with Gasteiger partial charge in [-0.05, 0) is 35.9 Å². The maximum atomic E-state index is 12.8. The summed E-state index contributed by atoms with van der Waals surface area (Å²) in [7, 11) is -3.44. The molecular weight excluding hydrogens is 289 g/mol. The molecule has 0 radical (unpaired) electrons. The molecular formula is C12H12FNO3S2. The molecule has 0 bridgehead atoms. The third kappa shape index (κ3) is 4.70. The van der Waals surface area contributed by atoms with Gasteiger partial charge < -0.3 is 4.98 Å². The van der Waals surface area contributed by atoms with Gasteiger partial charge in [0.2, 0.25) is 0 Å². The van der Waals surface area contributed by atoms with Gasteiger partial charge in [0.15, 0.2) is 0 Å². The molecule has 0 atom stereocenters. The van der Waals surface area contributed by atoms with Crippen LogP contribution in [0.15, 0.2) is 46.5 Å². The Balaban J connectivity index is 1.99. The lowest BCUT2D eigenvalue weighted by Gasteiger charge is -1.98. The quantitative estimate of drug-likeness (QED) is 0.863. The third-order valence-corrected chi connectivity index (χ3v) is 3.71. The van der Waals surface area contributed by atoms with Gasteiger partial charge in [0.05, 0.1) is 17.9 Å². The van der Waals surface area contributed by atoms with Gasteiger partial charge in [0, 0.05) is 11.1 Å². The largest absolute Gasteiger partial charge is 0.356 e. The zero-order valence-electron chi connectivity index (χ0n) is 10.1. The van der Waals surface area contributed by atoms with Crippen LogP contribution in [0.4, 0.5) is 4.39 Å². The molecule has 2 aromatic rings. The first-order valence-corrected chi connectivity index (χ1v) is 8.01. The maximum absolute atomic E-state index is 12.8. The first-order chi connectivity index (χ1) is 8.92. The number of aromatic amines is 1. The molecule has 0 aliphatic heterocycles. The highest BCUT2D eigenvalue weighted by Crippen LogP contribution is 2.27. The highest BCUT2D eigenvalue weighted by Gasteiger charge is 2.06. The molecule has 0 saturated heterocycles. The van der Waals surface area contributed by atoms with Gasteiger partial charge in [-0.2, -0.15) is 8.42 Å². The summed E-state index contributed by atoms with van der Waals surface area (Å²) in [6.45, 7) is -0.000683. The minimum Gasteiger partial charge on any atom is -0.356 e. The molecule has 19 heavy (non-hydrogen) atoms. The molecule has 0 amide bonds. The summed E-state index contributed by atoms with van der Waals surface area (Å²) < 4.78 is 39.2. The third-order valence-electron chi connectivity index (χ3n) is 2.20. The number of hydrogen-bond acceptors (Lipinski definition) is 4. The summed E-state index contributed by atoms with van der Waals surface area (Å²) >= 11 is 1.42. The lowest BCUT2D eigenvalue weighted by molar-refractivity contribution is 0.312. The van der Waals surface area contributed by atoms with Crippen molar-refractivity contribution >= 4 is 21.9 Å². The molecule has 0 fully saturated rings. The van der Waals surface area contributed by atoms with Gasteiger partial charge in [-0.25, -0.2) is 4.39 Å². The first-order valence-electron chi connectivity index (χ1n) is 5.37. The highest BCUT2D eigenvalue weighted by molar-refractivity contribution is 7.99. The van der Waals surface area contributed by atoms with E-state index in [0.29, 0.717) is 0 Å². The Morgan fingerprint density at radius 3 is 2.63 bits per heavy atom. The molecule has 0 aliphatic carbocycles. The fraction of sp³-hybridized carbons (Fsp3) is 0.167. The summed E-state index contributed by atoms with van der Waals surface area (Å²) in [6, 6.07) is 7.91. The number of aromatic nitrogens is 1. The van der Waals surface area contributed by atoms with Crippen molar-refractivity contribution in [2.75, 3.05) is 6.26 Å². The van der Waals surface area contributed by atoms with Crippen LogP contribution >= 0.6 is 11.8 Å². The van der Waals surface area contributed by atoms with Crippen molar-refractivity contribution in [3.8, 4) is 0 Å². The van der Waals surface area contributed by atoms with Crippen LogP contribution in [0.2, 0.25) is 0 Å². The van der Waals surface area contributed by atoms with E-state index in [1.165, 1.54) is 23.9 Å². The molecule has 7 heteroatoms. The first kappa shape index (κ1) is 14.1. The van der Waals surface area contributed by atoms with Crippen LogP contribution in [0, 0.1) is 5.82 Å². The van der Waals surface area contributed by atoms with Crippen molar-refractivity contribution in [3.05, 3.63) is 47.9 Å². The Bertz CT molecular complexity index is 650. The predicted octanol–water partition coefficient (Wildman–Crippen LogP) is 2.78. The van der Waals surface area contributed by atoms with Gasteiger partial charge in [-0.15, -0.1) is 0 Å². The van der Waals surface area contributed by atoms with E-state index >= 15 is 0 Å². The summed E-state index contributed by atoms with van der Waals surface area (Å²) in [5.74, 6) is -0.280. The van der Waals surface area contributed by atoms with Crippen LogP contribution in [0.3, 0.4) is 0 Å². The Kier molecular flexibility index (Phi) is 4.28. The summed E-state index contributed by atoms with van der Waals surface area (Å²) in [5.41, 5.74) is 0.732. The summed E-state index contributed by atoms with van der Waals surface area (Å²) in [4.78, 5) is 3.89. The van der Waals surface area contributed by atoms with Crippen LogP contribution in [0.25, 0.3) is 0 Å². The van der Waals surface area contributed by atoms with Gasteiger partial charge in [-0.3, -0.25) is 4.18 Å². The minimum absolute atomic E-state index is 0.000683. The van der Waals surface area contributed by atoms with Gasteiger partial charge >= 0.3 is 0 Å². The second-order valence-electron chi connectivity index (χ2n) is 3.89. The SMILES string of the molecule is CS(=O)(=O)OCc1c[nH]c(Sc2ccc(F)cc2)c1. The van der Waals surface area contributed by atoms with E-state index in [-0.39, 0.29) is 12.4 Å². The van der Waals surface area contributed by atoms with E-state index in [4.69, 9.17) is 0 Å². The number of halogens is 1. The molecule has 1 heterocycles. The highest BCUT2D eigenvalue weighted by atomic mass is 32.2. The fourth-order valence-corrected chi connectivity index (χ4v) is 2.57. The lowest BCUT2D eigenvalue weighted by Crippen LogP contribution is -2.01. The second-order valence-corrected chi connectivity index (χ2v) is 6.65. The lowest BCUT2D eigenvalue weighted by atomic mass is 10.4. The van der Waals surface area contributed by atoms with E-state index in [0.717, 1.165) is 21.7 Å². The molecule has 102 valence electrons. The second kappa shape index (κ2) is 5.77. The van der Waals surface area contributed by atoms with E-state index < -0.39 is 10.1 Å². The molecule has 1 N–H and O–H groups in total. The average Bonchev–Trinajstić information content (AvgIpc) is 2.77. The Morgan fingerprint density at radius 2 is 2.00 bits per heavy atom. The molecule has 0 saturated carbocycles. The monoisotopic (exact) mass is 301 g/mol. The molecule has 1 aromatic carbocycles. The van der Waals surface area contributed by atoms with Crippen molar-refractivity contribution in [2.24, 2.45) is 0 Å². The Morgan fingerprint density at radius 1 is 1.32 bits per heavy atom. The molecule has 0 spiro atoms. The summed E-state index contributed by atoms with van der Waals surface area (Å²) in [5, 5.41) is 0.832. The van der Waals surface area contributed by atoms with E-state index in [1.807, 2.05) is 0 Å². The van der Waals surface area contributed by atoms with Crippen LogP contribution in [-0.4, -0.2) is 19.7 Å². The van der Waals surface area contributed by atoms with Crippen molar-refractivity contribution in [1.29, 1.82) is 0 Å². The number of H-pyrrole nitrogens is 1. The number of benzene rings is 1. The van der Waals surface area contributed by atoms with Crippen molar-refractivity contribution in [2.45, 2.75) is 16.5 Å². The topological polar surface area (TPSA) is 59.2 Å². The van der Waals surface area contributed by atoms with Crippen molar-refractivity contribution in [3.63, 3.8) is 0 Å². The minimum atomic E-state index is -3.44. The molecule has 1 aromatic heterocycles. The molecule has 4 nitrogen and oxygen atoms in total. The molecule has 2 rings (SSSR count). The predicted molar refractivity (Wildman–Crippen MR) is 70.9 cm³/mol. The standard InChI is InChI=1S/C12H12FNO3S2/c1-19(15,16)17-8-9-6-12(14-7-9)18-11-4-2-10(13)3-5-11/h2-7,14H,8H2,1H3. The van der Waals surface area contributed by atoms with Gasteiger partial charge in [-0.1, -0.05) is 11.8 Å². The van der Waals surface area contributed by atoms with Crippen LogP contribution in [0.5, 0.6) is 0 Å².